The molecule has 0 fully saturated rings. The van der Waals surface area contributed by atoms with Gasteiger partial charge in [0.1, 0.15) is 11.6 Å². The number of carbonyl (C=O) groups excluding carboxylic acids is 1. The molecule has 2 aromatic rings. The van der Waals surface area contributed by atoms with Crippen LogP contribution in [0, 0.1) is 0 Å². The fraction of sp³-hybridized carbons (Fsp3) is 0.167. The van der Waals surface area contributed by atoms with Crippen molar-refractivity contribution in [3.8, 4) is 5.75 Å². The molecule has 1 aromatic carbocycles. The van der Waals surface area contributed by atoms with E-state index in [1.165, 1.54) is 0 Å². The number of amides is 1. The van der Waals surface area contributed by atoms with Gasteiger partial charge in [-0.2, -0.15) is 0 Å². The highest BCUT2D eigenvalue weighted by Crippen LogP contribution is 2.30. The second-order valence-corrected chi connectivity index (χ2v) is 3.94. The number of fused-ring (bicyclic) bond motifs is 1. The van der Waals surface area contributed by atoms with Crippen LogP contribution in [0.15, 0.2) is 30.6 Å². The second kappa shape index (κ2) is 4.40. The van der Waals surface area contributed by atoms with Crippen molar-refractivity contribution in [2.45, 2.75) is 6.54 Å². The summed E-state index contributed by atoms with van der Waals surface area (Å²) in [7, 11) is 0. The standard InChI is InChI=1S/C12H12N4O2/c17-12-7-18-10-2-1-8(5-9(10)16-12)15-6-11-13-3-4-14-11/h1-5,15H,6-7H2,(H,13,14)(H,16,17). The van der Waals surface area contributed by atoms with Gasteiger partial charge in [0.05, 0.1) is 12.2 Å². The molecule has 92 valence electrons. The first-order chi connectivity index (χ1) is 8.81. The van der Waals surface area contributed by atoms with E-state index < -0.39 is 0 Å². The van der Waals surface area contributed by atoms with Gasteiger partial charge in [-0.1, -0.05) is 0 Å². The highest BCUT2D eigenvalue weighted by atomic mass is 16.5. The average molecular weight is 244 g/mol. The number of ether oxygens (including phenoxy) is 1. The molecule has 18 heavy (non-hydrogen) atoms. The van der Waals surface area contributed by atoms with Crippen molar-refractivity contribution in [3.05, 3.63) is 36.4 Å². The summed E-state index contributed by atoms with van der Waals surface area (Å²) >= 11 is 0. The van der Waals surface area contributed by atoms with Crippen LogP contribution in [0.4, 0.5) is 11.4 Å². The zero-order valence-electron chi connectivity index (χ0n) is 9.56. The van der Waals surface area contributed by atoms with E-state index in [1.807, 2.05) is 18.2 Å². The van der Waals surface area contributed by atoms with Crippen LogP contribution in [0.5, 0.6) is 5.75 Å². The molecule has 0 unspecified atom stereocenters. The normalized spacial score (nSPS) is 13.4. The number of benzene rings is 1. The van der Waals surface area contributed by atoms with Crippen molar-refractivity contribution in [2.75, 3.05) is 17.2 Å². The van der Waals surface area contributed by atoms with Gasteiger partial charge in [-0.3, -0.25) is 4.79 Å². The molecule has 0 atom stereocenters. The Labute approximate surface area is 103 Å². The van der Waals surface area contributed by atoms with Crippen molar-refractivity contribution in [2.24, 2.45) is 0 Å². The molecule has 0 radical (unpaired) electrons. The third-order valence-electron chi connectivity index (χ3n) is 2.63. The lowest BCUT2D eigenvalue weighted by Gasteiger charge is -2.18. The summed E-state index contributed by atoms with van der Waals surface area (Å²) in [4.78, 5) is 18.3. The second-order valence-electron chi connectivity index (χ2n) is 3.94. The van der Waals surface area contributed by atoms with Crippen LogP contribution in [0.25, 0.3) is 0 Å². The van der Waals surface area contributed by atoms with Gasteiger partial charge in [-0.25, -0.2) is 4.98 Å². The largest absolute Gasteiger partial charge is 0.482 e. The summed E-state index contributed by atoms with van der Waals surface area (Å²) in [6, 6.07) is 5.58. The number of nitrogens with zero attached hydrogens (tertiary/aromatic N) is 1. The molecule has 3 N–H and O–H groups in total. The zero-order valence-corrected chi connectivity index (χ0v) is 9.56. The first-order valence-electron chi connectivity index (χ1n) is 5.60. The molecule has 3 rings (SSSR count). The highest BCUT2D eigenvalue weighted by molar-refractivity contribution is 5.95. The minimum Gasteiger partial charge on any atom is -0.482 e. The third kappa shape index (κ3) is 2.13. The molecule has 2 heterocycles. The van der Waals surface area contributed by atoms with Crippen LogP contribution in [0.1, 0.15) is 5.82 Å². The minimum absolute atomic E-state index is 0.0756. The molecule has 1 amide bonds. The van der Waals surface area contributed by atoms with Crippen molar-refractivity contribution in [3.63, 3.8) is 0 Å². The summed E-state index contributed by atoms with van der Waals surface area (Å²) < 4.78 is 5.28. The van der Waals surface area contributed by atoms with E-state index in [-0.39, 0.29) is 12.5 Å². The molecule has 6 heteroatoms. The number of carbonyl (C=O) groups is 1. The van der Waals surface area contributed by atoms with Gasteiger partial charge < -0.3 is 20.4 Å². The Hall–Kier alpha value is -2.50. The first-order valence-corrected chi connectivity index (χ1v) is 5.60. The molecular weight excluding hydrogens is 232 g/mol. The Balaban J connectivity index is 1.73. The Morgan fingerprint density at radius 3 is 3.22 bits per heavy atom. The number of rotatable bonds is 3. The molecule has 1 aliphatic heterocycles. The fourth-order valence-corrected chi connectivity index (χ4v) is 1.77. The molecule has 1 aliphatic rings. The molecule has 6 nitrogen and oxygen atoms in total. The highest BCUT2D eigenvalue weighted by Gasteiger charge is 2.15. The third-order valence-corrected chi connectivity index (χ3v) is 2.63. The summed E-state index contributed by atoms with van der Waals surface area (Å²) in [6.07, 6.45) is 3.48. The van der Waals surface area contributed by atoms with Crippen molar-refractivity contribution < 1.29 is 9.53 Å². The van der Waals surface area contributed by atoms with Crippen LogP contribution in [-0.2, 0) is 11.3 Å². The van der Waals surface area contributed by atoms with Crippen LogP contribution >= 0.6 is 0 Å². The quantitative estimate of drug-likeness (QED) is 0.761. The predicted octanol–water partition coefficient (Wildman–Crippen LogP) is 1.35. The average Bonchev–Trinajstić information content (AvgIpc) is 2.89. The van der Waals surface area contributed by atoms with Crippen LogP contribution in [0.2, 0.25) is 0 Å². The number of hydrogen-bond donors (Lipinski definition) is 3. The van der Waals surface area contributed by atoms with Crippen LogP contribution in [-0.4, -0.2) is 22.5 Å². The monoisotopic (exact) mass is 244 g/mol. The molecule has 0 spiro atoms. The van der Waals surface area contributed by atoms with Gasteiger partial charge >= 0.3 is 0 Å². The number of aromatic nitrogens is 2. The van der Waals surface area contributed by atoms with E-state index in [2.05, 4.69) is 20.6 Å². The number of hydrogen-bond acceptors (Lipinski definition) is 4. The zero-order chi connectivity index (χ0) is 12.4. The lowest BCUT2D eigenvalue weighted by atomic mass is 10.2. The Morgan fingerprint density at radius 1 is 1.44 bits per heavy atom. The summed E-state index contributed by atoms with van der Waals surface area (Å²) in [5.41, 5.74) is 1.59. The van der Waals surface area contributed by atoms with E-state index in [1.54, 1.807) is 12.4 Å². The Morgan fingerprint density at radius 2 is 2.39 bits per heavy atom. The summed E-state index contributed by atoms with van der Waals surface area (Å²) in [6.45, 7) is 0.673. The smallest absolute Gasteiger partial charge is 0.262 e. The fourth-order valence-electron chi connectivity index (χ4n) is 1.77. The predicted molar refractivity (Wildman–Crippen MR) is 66.5 cm³/mol. The number of H-pyrrole nitrogens is 1. The van der Waals surface area contributed by atoms with Gasteiger partial charge in [-0.15, -0.1) is 0 Å². The summed E-state index contributed by atoms with van der Waals surface area (Å²) in [5.74, 6) is 1.41. The van der Waals surface area contributed by atoms with Crippen molar-refractivity contribution in [1.29, 1.82) is 0 Å². The van der Waals surface area contributed by atoms with Crippen LogP contribution in [0.3, 0.4) is 0 Å². The molecule has 0 saturated heterocycles. The van der Waals surface area contributed by atoms with Gasteiger partial charge in [-0.05, 0) is 18.2 Å². The molecule has 1 aromatic heterocycles. The van der Waals surface area contributed by atoms with Gasteiger partial charge in [0.15, 0.2) is 6.61 Å². The first kappa shape index (κ1) is 10.6. The van der Waals surface area contributed by atoms with E-state index >= 15 is 0 Å². The van der Waals surface area contributed by atoms with Crippen molar-refractivity contribution in [1.82, 2.24) is 9.97 Å². The minimum atomic E-state index is -0.134. The van der Waals surface area contributed by atoms with Crippen molar-refractivity contribution >= 4 is 17.3 Å². The number of nitrogens with one attached hydrogen (secondary N) is 3. The van der Waals surface area contributed by atoms with E-state index in [9.17, 15) is 4.79 Å². The van der Waals surface area contributed by atoms with Gasteiger partial charge in [0.2, 0.25) is 0 Å². The maximum Gasteiger partial charge on any atom is 0.262 e. The van der Waals surface area contributed by atoms with E-state index in [0.717, 1.165) is 11.5 Å². The number of aromatic amines is 1. The summed E-state index contributed by atoms with van der Waals surface area (Å²) in [5, 5.41) is 5.98. The molecular formula is C12H12N4O2. The maximum atomic E-state index is 11.2. The SMILES string of the molecule is O=C1COc2ccc(NCc3ncc[nH]3)cc2N1. The molecule has 0 saturated carbocycles. The number of imidazole rings is 1. The van der Waals surface area contributed by atoms with Gasteiger partial charge in [0.25, 0.3) is 5.91 Å². The molecule has 0 aliphatic carbocycles. The Kier molecular flexibility index (Phi) is 2.60. The topological polar surface area (TPSA) is 79.0 Å². The maximum absolute atomic E-state index is 11.2. The lowest BCUT2D eigenvalue weighted by Crippen LogP contribution is -2.25. The Bertz CT molecular complexity index is 565. The lowest BCUT2D eigenvalue weighted by molar-refractivity contribution is -0.118. The molecule has 0 bridgehead atoms. The van der Waals surface area contributed by atoms with E-state index in [4.69, 9.17) is 4.74 Å². The van der Waals surface area contributed by atoms with Crippen LogP contribution < -0.4 is 15.4 Å². The van der Waals surface area contributed by atoms with Gasteiger partial charge in [0, 0.05) is 18.1 Å². The van der Waals surface area contributed by atoms with E-state index in [0.29, 0.717) is 18.0 Å². The number of anilines is 2.